The summed E-state index contributed by atoms with van der Waals surface area (Å²) < 4.78 is 4.89. The van der Waals surface area contributed by atoms with Crippen molar-refractivity contribution >= 4 is 17.8 Å². The zero-order valence-corrected chi connectivity index (χ0v) is 12.1. The Hall–Kier alpha value is -2.18. The van der Waals surface area contributed by atoms with E-state index in [0.717, 1.165) is 0 Å². The first-order chi connectivity index (χ1) is 9.36. The second-order valence-electron chi connectivity index (χ2n) is 4.68. The molecular weight excluding hydrogens is 260 g/mol. The molecule has 110 valence electrons. The number of nitrogens with one attached hydrogen (secondary N) is 1. The van der Waals surface area contributed by atoms with Gasteiger partial charge in [-0.2, -0.15) is 0 Å². The molecule has 0 fully saturated rings. The van der Waals surface area contributed by atoms with Crippen molar-refractivity contribution in [2.45, 2.75) is 33.7 Å². The van der Waals surface area contributed by atoms with E-state index in [4.69, 9.17) is 10.5 Å². The number of hydrogen-bond donors (Lipinski definition) is 2. The maximum absolute atomic E-state index is 11.6. The lowest BCUT2D eigenvalue weighted by Crippen LogP contribution is -2.40. The highest BCUT2D eigenvalue weighted by atomic mass is 16.5. The van der Waals surface area contributed by atoms with Crippen molar-refractivity contribution < 1.29 is 14.3 Å². The first-order valence-corrected chi connectivity index (χ1v) is 6.43. The Bertz CT molecular complexity index is 502. The Kier molecular flexibility index (Phi) is 5.42. The lowest BCUT2D eigenvalue weighted by molar-refractivity contribution is -0.119. The van der Waals surface area contributed by atoms with E-state index in [1.807, 2.05) is 13.8 Å². The van der Waals surface area contributed by atoms with Gasteiger partial charge in [0.1, 0.15) is 6.04 Å². The van der Waals surface area contributed by atoms with Gasteiger partial charge in [0, 0.05) is 6.20 Å². The predicted molar refractivity (Wildman–Crippen MR) is 74.2 cm³/mol. The molecule has 0 saturated heterocycles. The number of aryl methyl sites for hydroxylation is 1. The summed E-state index contributed by atoms with van der Waals surface area (Å²) in [5, 5.41) is 2.87. The SMILES string of the molecule is CCOC(=O)c1cnc(NC(C(N)=O)C(C)C)nc1C. The summed E-state index contributed by atoms with van der Waals surface area (Å²) >= 11 is 0. The van der Waals surface area contributed by atoms with Crippen LogP contribution < -0.4 is 11.1 Å². The van der Waals surface area contributed by atoms with Gasteiger partial charge in [0.2, 0.25) is 11.9 Å². The molecule has 0 radical (unpaired) electrons. The number of carbonyl (C=O) groups excluding carboxylic acids is 2. The van der Waals surface area contributed by atoms with Crippen molar-refractivity contribution in [3.63, 3.8) is 0 Å². The highest BCUT2D eigenvalue weighted by Crippen LogP contribution is 2.12. The second-order valence-corrected chi connectivity index (χ2v) is 4.68. The number of primary amides is 1. The molecule has 7 nitrogen and oxygen atoms in total. The van der Waals surface area contributed by atoms with E-state index in [2.05, 4.69) is 15.3 Å². The van der Waals surface area contributed by atoms with E-state index in [-0.39, 0.29) is 18.5 Å². The molecule has 7 heteroatoms. The summed E-state index contributed by atoms with van der Waals surface area (Å²) in [6.45, 7) is 7.41. The third-order valence-electron chi connectivity index (χ3n) is 2.73. The van der Waals surface area contributed by atoms with Gasteiger partial charge in [0.25, 0.3) is 0 Å². The lowest BCUT2D eigenvalue weighted by atomic mass is 10.0. The number of aromatic nitrogens is 2. The molecule has 0 aliphatic heterocycles. The van der Waals surface area contributed by atoms with E-state index < -0.39 is 17.9 Å². The van der Waals surface area contributed by atoms with Gasteiger partial charge in [-0.1, -0.05) is 13.8 Å². The molecule has 1 aromatic heterocycles. The Morgan fingerprint density at radius 3 is 2.55 bits per heavy atom. The molecule has 0 saturated carbocycles. The number of carbonyl (C=O) groups is 2. The lowest BCUT2D eigenvalue weighted by Gasteiger charge is -2.19. The number of hydrogen-bond acceptors (Lipinski definition) is 6. The molecule has 3 N–H and O–H groups in total. The molecule has 0 aromatic carbocycles. The molecular formula is C13H20N4O3. The molecule has 0 bridgehead atoms. The average Bonchev–Trinajstić information content (AvgIpc) is 2.35. The second kappa shape index (κ2) is 6.83. The number of ether oxygens (including phenoxy) is 1. The van der Waals surface area contributed by atoms with Crippen LogP contribution in [0, 0.1) is 12.8 Å². The third-order valence-corrected chi connectivity index (χ3v) is 2.73. The fraction of sp³-hybridized carbons (Fsp3) is 0.538. The summed E-state index contributed by atoms with van der Waals surface area (Å²) in [4.78, 5) is 31.1. The van der Waals surface area contributed by atoms with Crippen LogP contribution in [0.4, 0.5) is 5.95 Å². The van der Waals surface area contributed by atoms with Gasteiger partial charge in [-0.05, 0) is 19.8 Å². The number of esters is 1. The van der Waals surface area contributed by atoms with E-state index in [1.165, 1.54) is 6.20 Å². The molecule has 20 heavy (non-hydrogen) atoms. The summed E-state index contributed by atoms with van der Waals surface area (Å²) in [7, 11) is 0. The van der Waals surface area contributed by atoms with Crippen LogP contribution in [0.15, 0.2) is 6.20 Å². The normalized spacial score (nSPS) is 12.1. The average molecular weight is 280 g/mol. The standard InChI is InChI=1S/C13H20N4O3/c1-5-20-12(19)9-6-15-13(16-8(9)4)17-10(7(2)3)11(14)18/h6-7,10H,5H2,1-4H3,(H2,14,18)(H,15,16,17). The highest BCUT2D eigenvalue weighted by Gasteiger charge is 2.21. The van der Waals surface area contributed by atoms with Gasteiger partial charge in [-0.15, -0.1) is 0 Å². The van der Waals surface area contributed by atoms with Crippen LogP contribution in [0.3, 0.4) is 0 Å². The molecule has 1 atom stereocenters. The van der Waals surface area contributed by atoms with Gasteiger partial charge >= 0.3 is 5.97 Å². The monoisotopic (exact) mass is 280 g/mol. The van der Waals surface area contributed by atoms with Crippen LogP contribution in [0.25, 0.3) is 0 Å². The van der Waals surface area contributed by atoms with Crippen LogP contribution in [-0.4, -0.2) is 34.5 Å². The Morgan fingerprint density at radius 2 is 2.10 bits per heavy atom. The summed E-state index contributed by atoms with van der Waals surface area (Å²) in [6, 6.07) is -0.567. The van der Waals surface area contributed by atoms with Crippen molar-refractivity contribution in [1.29, 1.82) is 0 Å². The fourth-order valence-corrected chi connectivity index (χ4v) is 1.65. The maximum Gasteiger partial charge on any atom is 0.341 e. The highest BCUT2D eigenvalue weighted by molar-refractivity contribution is 5.90. The van der Waals surface area contributed by atoms with Gasteiger partial charge in [0.05, 0.1) is 17.9 Å². The Morgan fingerprint density at radius 1 is 1.45 bits per heavy atom. The van der Waals surface area contributed by atoms with Crippen molar-refractivity contribution in [2.75, 3.05) is 11.9 Å². The summed E-state index contributed by atoms with van der Waals surface area (Å²) in [6.07, 6.45) is 1.38. The smallest absolute Gasteiger partial charge is 0.341 e. The zero-order valence-electron chi connectivity index (χ0n) is 12.1. The van der Waals surface area contributed by atoms with Crippen LogP contribution >= 0.6 is 0 Å². The number of nitrogens with two attached hydrogens (primary N) is 1. The third kappa shape index (κ3) is 3.91. The molecule has 1 amide bonds. The summed E-state index contributed by atoms with van der Waals surface area (Å²) in [5.41, 5.74) is 6.09. The predicted octanol–water partition coefficient (Wildman–Crippen LogP) is 0.884. The van der Waals surface area contributed by atoms with Crippen LogP contribution in [0.1, 0.15) is 36.8 Å². The number of rotatable bonds is 6. The van der Waals surface area contributed by atoms with Crippen LogP contribution in [0.2, 0.25) is 0 Å². The first-order valence-electron chi connectivity index (χ1n) is 6.43. The van der Waals surface area contributed by atoms with Gasteiger partial charge in [-0.3, -0.25) is 4.79 Å². The van der Waals surface area contributed by atoms with Crippen molar-refractivity contribution in [2.24, 2.45) is 11.7 Å². The van der Waals surface area contributed by atoms with E-state index >= 15 is 0 Å². The topological polar surface area (TPSA) is 107 Å². The molecule has 1 aromatic rings. The quantitative estimate of drug-likeness (QED) is 0.749. The minimum atomic E-state index is -0.567. The maximum atomic E-state index is 11.6. The largest absolute Gasteiger partial charge is 0.462 e. The van der Waals surface area contributed by atoms with E-state index in [0.29, 0.717) is 11.3 Å². The molecule has 1 heterocycles. The van der Waals surface area contributed by atoms with Crippen molar-refractivity contribution in [1.82, 2.24) is 9.97 Å². The molecule has 0 aliphatic carbocycles. The fourth-order valence-electron chi connectivity index (χ4n) is 1.65. The van der Waals surface area contributed by atoms with E-state index in [1.54, 1.807) is 13.8 Å². The zero-order chi connectivity index (χ0) is 15.3. The number of nitrogens with zero attached hydrogens (tertiary/aromatic N) is 2. The van der Waals surface area contributed by atoms with Crippen LogP contribution in [0.5, 0.6) is 0 Å². The summed E-state index contributed by atoms with van der Waals surface area (Å²) in [5.74, 6) is -0.684. The first kappa shape index (κ1) is 15.9. The van der Waals surface area contributed by atoms with Crippen LogP contribution in [-0.2, 0) is 9.53 Å². The van der Waals surface area contributed by atoms with Gasteiger partial charge in [-0.25, -0.2) is 14.8 Å². The molecule has 1 unspecified atom stereocenters. The molecule has 0 spiro atoms. The van der Waals surface area contributed by atoms with Crippen molar-refractivity contribution in [3.05, 3.63) is 17.5 Å². The number of amides is 1. The minimum absolute atomic E-state index is 0.00105. The minimum Gasteiger partial charge on any atom is -0.462 e. The van der Waals surface area contributed by atoms with Crippen molar-refractivity contribution in [3.8, 4) is 0 Å². The van der Waals surface area contributed by atoms with Gasteiger partial charge in [0.15, 0.2) is 0 Å². The Balaban J connectivity index is 2.92. The molecule has 1 rings (SSSR count). The van der Waals surface area contributed by atoms with E-state index in [9.17, 15) is 9.59 Å². The Labute approximate surface area is 117 Å². The van der Waals surface area contributed by atoms with Gasteiger partial charge < -0.3 is 15.8 Å². The molecule has 0 aliphatic rings. The number of anilines is 1.